The van der Waals surface area contributed by atoms with Crippen LogP contribution in [-0.2, 0) is 9.59 Å². The van der Waals surface area contributed by atoms with Crippen LogP contribution in [0.4, 0.5) is 5.82 Å². The molecule has 0 unspecified atom stereocenters. The van der Waals surface area contributed by atoms with Crippen LogP contribution in [0.3, 0.4) is 0 Å². The van der Waals surface area contributed by atoms with E-state index in [2.05, 4.69) is 10.3 Å². The van der Waals surface area contributed by atoms with Gasteiger partial charge in [0, 0.05) is 19.2 Å². The van der Waals surface area contributed by atoms with Gasteiger partial charge in [-0.15, -0.1) is 0 Å². The first-order valence-electron chi connectivity index (χ1n) is 6.83. The third kappa shape index (κ3) is 4.27. The van der Waals surface area contributed by atoms with Gasteiger partial charge in [0.25, 0.3) is 0 Å². The number of carbonyl (C=O) groups excluding carboxylic acids is 2. The number of aromatic carboxylic acids is 1. The first-order valence-corrected chi connectivity index (χ1v) is 6.83. The molecule has 0 spiro atoms. The molecule has 1 aliphatic rings. The monoisotopic (exact) mass is 291 g/mol. The van der Waals surface area contributed by atoms with Crippen molar-refractivity contribution >= 4 is 23.6 Å². The Morgan fingerprint density at radius 2 is 2.10 bits per heavy atom. The van der Waals surface area contributed by atoms with Crippen molar-refractivity contribution in [2.75, 3.05) is 18.4 Å². The molecule has 0 saturated carbocycles. The number of nitrogens with one attached hydrogen (secondary N) is 1. The minimum atomic E-state index is -1.07. The van der Waals surface area contributed by atoms with Crippen LogP contribution >= 0.6 is 0 Å². The Bertz CT molecular complexity index is 542. The van der Waals surface area contributed by atoms with Gasteiger partial charge >= 0.3 is 5.97 Å². The molecule has 1 aromatic rings. The minimum Gasteiger partial charge on any atom is -0.478 e. The molecule has 0 aliphatic carbocycles. The fourth-order valence-electron chi connectivity index (χ4n) is 2.16. The highest BCUT2D eigenvalue weighted by Crippen LogP contribution is 2.11. The van der Waals surface area contributed by atoms with E-state index >= 15 is 0 Å². The van der Waals surface area contributed by atoms with Crippen LogP contribution in [0, 0.1) is 0 Å². The van der Waals surface area contributed by atoms with Crippen molar-refractivity contribution in [3.05, 3.63) is 23.9 Å². The van der Waals surface area contributed by atoms with E-state index in [-0.39, 0.29) is 29.7 Å². The fourth-order valence-corrected chi connectivity index (χ4v) is 2.16. The second-order valence-corrected chi connectivity index (χ2v) is 4.91. The van der Waals surface area contributed by atoms with Gasteiger partial charge in [0.2, 0.25) is 11.8 Å². The number of amides is 2. The highest BCUT2D eigenvalue weighted by Gasteiger charge is 2.19. The van der Waals surface area contributed by atoms with Crippen LogP contribution in [0.25, 0.3) is 0 Å². The van der Waals surface area contributed by atoms with Crippen LogP contribution in [0.2, 0.25) is 0 Å². The quantitative estimate of drug-likeness (QED) is 0.866. The van der Waals surface area contributed by atoms with E-state index in [1.807, 2.05) is 0 Å². The average Bonchev–Trinajstić information content (AvgIpc) is 2.65. The van der Waals surface area contributed by atoms with Crippen molar-refractivity contribution in [3.8, 4) is 0 Å². The van der Waals surface area contributed by atoms with E-state index in [0.29, 0.717) is 13.0 Å². The highest BCUT2D eigenvalue weighted by atomic mass is 16.4. The third-order valence-electron chi connectivity index (χ3n) is 3.28. The third-order valence-corrected chi connectivity index (χ3v) is 3.28. The zero-order valence-corrected chi connectivity index (χ0v) is 11.5. The van der Waals surface area contributed by atoms with E-state index in [1.165, 1.54) is 18.3 Å². The normalized spacial score (nSPS) is 15.4. The van der Waals surface area contributed by atoms with E-state index < -0.39 is 5.97 Å². The topological polar surface area (TPSA) is 99.6 Å². The zero-order valence-electron chi connectivity index (χ0n) is 11.5. The molecule has 2 amide bonds. The second-order valence-electron chi connectivity index (χ2n) is 4.91. The summed E-state index contributed by atoms with van der Waals surface area (Å²) in [6.07, 6.45) is 4.44. The number of carbonyl (C=O) groups is 3. The molecular formula is C14H17N3O4. The van der Waals surface area contributed by atoms with Crippen LogP contribution in [0.1, 0.15) is 36.0 Å². The van der Waals surface area contributed by atoms with Gasteiger partial charge in [-0.3, -0.25) is 9.59 Å². The maximum atomic E-state index is 11.9. The van der Waals surface area contributed by atoms with E-state index in [1.54, 1.807) is 4.90 Å². The standard InChI is InChI=1S/C14H17N3O4/c18-12(9-17-7-3-1-2-4-13(17)19)16-11-6-5-10(8-15-11)14(20)21/h5-6,8H,1-4,7,9H2,(H,20,21)(H,15,16,18). The molecule has 2 N–H and O–H groups in total. The summed E-state index contributed by atoms with van der Waals surface area (Å²) in [5.74, 6) is -1.14. The number of likely N-dealkylation sites (tertiary alicyclic amines) is 1. The molecule has 0 atom stereocenters. The Morgan fingerprint density at radius 1 is 1.29 bits per heavy atom. The molecule has 0 bridgehead atoms. The van der Waals surface area contributed by atoms with Gasteiger partial charge < -0.3 is 15.3 Å². The Morgan fingerprint density at radius 3 is 2.76 bits per heavy atom. The zero-order chi connectivity index (χ0) is 15.2. The maximum absolute atomic E-state index is 11.9. The Balaban J connectivity index is 1.91. The van der Waals surface area contributed by atoms with Gasteiger partial charge in [0.1, 0.15) is 5.82 Å². The van der Waals surface area contributed by atoms with Crippen LogP contribution in [0.15, 0.2) is 18.3 Å². The number of nitrogens with zero attached hydrogens (tertiary/aromatic N) is 2. The minimum absolute atomic E-state index is 0.00119. The first-order chi connectivity index (χ1) is 10.1. The summed E-state index contributed by atoms with van der Waals surface area (Å²) in [7, 11) is 0. The highest BCUT2D eigenvalue weighted by molar-refractivity contribution is 5.94. The predicted octanol–water partition coefficient (Wildman–Crippen LogP) is 1.12. The lowest BCUT2D eigenvalue weighted by molar-refractivity contribution is -0.134. The number of rotatable bonds is 4. The van der Waals surface area contributed by atoms with Crippen molar-refractivity contribution in [1.29, 1.82) is 0 Å². The van der Waals surface area contributed by atoms with E-state index in [0.717, 1.165) is 19.3 Å². The second kappa shape index (κ2) is 6.83. The lowest BCUT2D eigenvalue weighted by atomic mass is 10.2. The number of hydrogen-bond donors (Lipinski definition) is 2. The average molecular weight is 291 g/mol. The maximum Gasteiger partial charge on any atom is 0.337 e. The summed E-state index contributed by atoms with van der Waals surface area (Å²) in [6.45, 7) is 0.596. The summed E-state index contributed by atoms with van der Waals surface area (Å²) in [5, 5.41) is 11.3. The number of anilines is 1. The van der Waals surface area contributed by atoms with Gasteiger partial charge in [0.05, 0.1) is 12.1 Å². The van der Waals surface area contributed by atoms with E-state index in [4.69, 9.17) is 5.11 Å². The number of carboxylic acid groups (broad SMARTS) is 1. The van der Waals surface area contributed by atoms with Crippen LogP contribution in [0.5, 0.6) is 0 Å². The summed E-state index contributed by atoms with van der Waals surface area (Å²) < 4.78 is 0. The van der Waals surface area contributed by atoms with E-state index in [9.17, 15) is 14.4 Å². The Kier molecular flexibility index (Phi) is 4.86. The molecule has 112 valence electrons. The van der Waals surface area contributed by atoms with Gasteiger partial charge in [0.15, 0.2) is 0 Å². The Hall–Kier alpha value is -2.44. The molecule has 2 rings (SSSR count). The number of hydrogen-bond acceptors (Lipinski definition) is 4. The summed E-state index contributed by atoms with van der Waals surface area (Å²) >= 11 is 0. The van der Waals surface area contributed by atoms with Gasteiger partial charge in [-0.1, -0.05) is 6.42 Å². The molecule has 0 radical (unpaired) electrons. The van der Waals surface area contributed by atoms with Crippen molar-refractivity contribution in [3.63, 3.8) is 0 Å². The lowest BCUT2D eigenvalue weighted by Crippen LogP contribution is -2.37. The lowest BCUT2D eigenvalue weighted by Gasteiger charge is -2.19. The van der Waals surface area contributed by atoms with Crippen LogP contribution in [-0.4, -0.2) is 45.9 Å². The van der Waals surface area contributed by atoms with Crippen molar-refractivity contribution in [2.45, 2.75) is 25.7 Å². The van der Waals surface area contributed by atoms with Gasteiger partial charge in [-0.05, 0) is 25.0 Å². The van der Waals surface area contributed by atoms with Crippen LogP contribution < -0.4 is 5.32 Å². The Labute approximate surface area is 122 Å². The molecule has 1 aliphatic heterocycles. The summed E-state index contributed by atoms with van der Waals surface area (Å²) in [6, 6.07) is 2.79. The molecule has 21 heavy (non-hydrogen) atoms. The fraction of sp³-hybridized carbons (Fsp3) is 0.429. The molecule has 7 nitrogen and oxygen atoms in total. The smallest absolute Gasteiger partial charge is 0.337 e. The van der Waals surface area contributed by atoms with Crippen molar-refractivity contribution in [1.82, 2.24) is 9.88 Å². The van der Waals surface area contributed by atoms with Gasteiger partial charge in [-0.2, -0.15) is 0 Å². The van der Waals surface area contributed by atoms with Crippen molar-refractivity contribution < 1.29 is 19.5 Å². The number of carboxylic acids is 1. The largest absolute Gasteiger partial charge is 0.478 e. The molecular weight excluding hydrogens is 274 g/mol. The number of pyridine rings is 1. The molecule has 1 aromatic heterocycles. The first kappa shape index (κ1) is 15.0. The molecule has 2 heterocycles. The van der Waals surface area contributed by atoms with Gasteiger partial charge in [-0.25, -0.2) is 9.78 Å². The molecule has 1 saturated heterocycles. The predicted molar refractivity (Wildman–Crippen MR) is 74.9 cm³/mol. The number of aromatic nitrogens is 1. The molecule has 1 fully saturated rings. The molecule has 7 heteroatoms. The molecule has 0 aromatic carbocycles. The summed E-state index contributed by atoms with van der Waals surface area (Å²) in [5.41, 5.74) is 0.0516. The van der Waals surface area contributed by atoms with Crippen molar-refractivity contribution in [2.24, 2.45) is 0 Å². The SMILES string of the molecule is O=C(CN1CCCCCC1=O)Nc1ccc(C(=O)O)cn1. The summed E-state index contributed by atoms with van der Waals surface area (Å²) in [4.78, 5) is 39.8.